The number of nitrogens with zero attached hydrogens (tertiary/aromatic N) is 1. The van der Waals surface area contributed by atoms with Crippen LogP contribution in [0.3, 0.4) is 0 Å². The van der Waals surface area contributed by atoms with E-state index in [0.717, 1.165) is 42.4 Å². The summed E-state index contributed by atoms with van der Waals surface area (Å²) < 4.78 is 0. The molecule has 1 aromatic heterocycles. The average Bonchev–Trinajstić information content (AvgIpc) is 3.08. The van der Waals surface area contributed by atoms with Crippen molar-refractivity contribution in [3.05, 3.63) is 24.4 Å². The molecular formula is C14H18N4O. The molecule has 5 nitrogen and oxygen atoms in total. The van der Waals surface area contributed by atoms with Gasteiger partial charge in [-0.15, -0.1) is 0 Å². The van der Waals surface area contributed by atoms with Crippen LogP contribution in [0, 0.1) is 0 Å². The van der Waals surface area contributed by atoms with Gasteiger partial charge < -0.3 is 10.6 Å². The molecular weight excluding hydrogens is 240 g/mol. The number of aromatic nitrogens is 2. The molecule has 5 heteroatoms. The highest BCUT2D eigenvalue weighted by Crippen LogP contribution is 2.27. The third kappa shape index (κ3) is 2.00. The summed E-state index contributed by atoms with van der Waals surface area (Å²) in [4.78, 5) is 12.5. The number of nitrogens with one attached hydrogen (secondary N) is 3. The zero-order chi connectivity index (χ0) is 13.3. The van der Waals surface area contributed by atoms with Crippen LogP contribution in [0.15, 0.2) is 24.4 Å². The van der Waals surface area contributed by atoms with Crippen molar-refractivity contribution >= 4 is 22.5 Å². The first-order valence-electron chi connectivity index (χ1n) is 6.74. The molecule has 1 fully saturated rings. The largest absolute Gasteiger partial charge is 0.324 e. The third-order valence-electron chi connectivity index (χ3n) is 4.01. The fourth-order valence-electron chi connectivity index (χ4n) is 2.78. The number of rotatable bonds is 3. The van der Waals surface area contributed by atoms with Gasteiger partial charge in [0.1, 0.15) is 0 Å². The Kier molecular flexibility index (Phi) is 2.98. The maximum atomic E-state index is 12.5. The van der Waals surface area contributed by atoms with Gasteiger partial charge in [0, 0.05) is 5.39 Å². The number of benzene rings is 1. The van der Waals surface area contributed by atoms with Crippen LogP contribution in [0.2, 0.25) is 0 Å². The second-order valence-corrected chi connectivity index (χ2v) is 5.06. The molecule has 2 aromatic rings. The minimum Gasteiger partial charge on any atom is -0.324 e. The Morgan fingerprint density at radius 2 is 2.42 bits per heavy atom. The molecule has 1 aromatic carbocycles. The van der Waals surface area contributed by atoms with Crippen molar-refractivity contribution in [2.45, 2.75) is 31.7 Å². The molecule has 0 saturated carbocycles. The van der Waals surface area contributed by atoms with Gasteiger partial charge in [0.15, 0.2) is 0 Å². The molecule has 0 radical (unpaired) electrons. The zero-order valence-corrected chi connectivity index (χ0v) is 11.0. The van der Waals surface area contributed by atoms with Crippen LogP contribution in [0.25, 0.3) is 10.9 Å². The van der Waals surface area contributed by atoms with Gasteiger partial charge in [0.25, 0.3) is 0 Å². The lowest BCUT2D eigenvalue weighted by Gasteiger charge is -2.26. The number of carbonyl (C=O) groups excluding carboxylic acids is 1. The molecule has 1 aliphatic rings. The quantitative estimate of drug-likeness (QED) is 0.789. The van der Waals surface area contributed by atoms with Crippen molar-refractivity contribution in [2.75, 3.05) is 11.9 Å². The molecule has 1 atom stereocenters. The number of hydrogen-bond donors (Lipinski definition) is 3. The molecule has 2 heterocycles. The van der Waals surface area contributed by atoms with Gasteiger partial charge >= 0.3 is 0 Å². The van der Waals surface area contributed by atoms with Crippen LogP contribution in [0.1, 0.15) is 26.2 Å². The van der Waals surface area contributed by atoms with E-state index in [1.807, 2.05) is 18.2 Å². The van der Waals surface area contributed by atoms with E-state index in [4.69, 9.17) is 0 Å². The fraction of sp³-hybridized carbons (Fsp3) is 0.429. The first-order chi connectivity index (χ1) is 9.25. The Balaban J connectivity index is 1.88. The van der Waals surface area contributed by atoms with E-state index in [0.29, 0.717) is 0 Å². The highest BCUT2D eigenvalue weighted by molar-refractivity contribution is 6.04. The lowest BCUT2D eigenvalue weighted by Crippen LogP contribution is -2.50. The van der Waals surface area contributed by atoms with Crippen LogP contribution >= 0.6 is 0 Å². The first-order valence-corrected chi connectivity index (χ1v) is 6.74. The van der Waals surface area contributed by atoms with Crippen LogP contribution in [0.5, 0.6) is 0 Å². The van der Waals surface area contributed by atoms with Crippen molar-refractivity contribution in [2.24, 2.45) is 0 Å². The Bertz CT molecular complexity index is 598. The molecule has 3 rings (SSSR count). The van der Waals surface area contributed by atoms with Gasteiger partial charge in [-0.3, -0.25) is 9.89 Å². The minimum absolute atomic E-state index is 0.0567. The number of carbonyl (C=O) groups is 1. The third-order valence-corrected chi connectivity index (χ3v) is 4.01. The van der Waals surface area contributed by atoms with Crippen molar-refractivity contribution in [3.8, 4) is 0 Å². The van der Waals surface area contributed by atoms with E-state index in [-0.39, 0.29) is 5.91 Å². The van der Waals surface area contributed by atoms with E-state index in [1.165, 1.54) is 0 Å². The zero-order valence-electron chi connectivity index (χ0n) is 11.0. The molecule has 0 spiro atoms. The topological polar surface area (TPSA) is 69.8 Å². The van der Waals surface area contributed by atoms with Crippen LogP contribution in [-0.2, 0) is 4.79 Å². The summed E-state index contributed by atoms with van der Waals surface area (Å²) in [7, 11) is 0. The molecule has 1 amide bonds. The highest BCUT2D eigenvalue weighted by Gasteiger charge is 2.39. The summed E-state index contributed by atoms with van der Waals surface area (Å²) in [6.45, 7) is 2.97. The normalized spacial score (nSPS) is 22.8. The number of anilines is 1. The van der Waals surface area contributed by atoms with Gasteiger partial charge in [-0.25, -0.2) is 0 Å². The maximum Gasteiger partial charge on any atom is 0.244 e. The number of H-pyrrole nitrogens is 1. The Morgan fingerprint density at radius 3 is 3.16 bits per heavy atom. The van der Waals surface area contributed by atoms with Gasteiger partial charge in [0.05, 0.1) is 22.9 Å². The second-order valence-electron chi connectivity index (χ2n) is 5.06. The van der Waals surface area contributed by atoms with E-state index in [9.17, 15) is 4.79 Å². The maximum absolute atomic E-state index is 12.5. The summed E-state index contributed by atoms with van der Waals surface area (Å²) in [5.74, 6) is 0.0567. The summed E-state index contributed by atoms with van der Waals surface area (Å²) >= 11 is 0. The van der Waals surface area contributed by atoms with Gasteiger partial charge in [0.2, 0.25) is 5.91 Å². The molecule has 19 heavy (non-hydrogen) atoms. The monoisotopic (exact) mass is 258 g/mol. The number of hydrogen-bond acceptors (Lipinski definition) is 3. The predicted octanol–water partition coefficient (Wildman–Crippen LogP) is 2.03. The SMILES string of the molecule is CCC1(C(=O)Nc2cccc3[nH]ncc23)CCCN1. The minimum atomic E-state index is -0.411. The smallest absolute Gasteiger partial charge is 0.244 e. The van der Waals surface area contributed by atoms with Crippen LogP contribution < -0.4 is 10.6 Å². The molecule has 0 bridgehead atoms. The van der Waals surface area contributed by atoms with E-state index >= 15 is 0 Å². The van der Waals surface area contributed by atoms with Gasteiger partial charge in [-0.1, -0.05) is 13.0 Å². The summed E-state index contributed by atoms with van der Waals surface area (Å²) in [6.07, 6.45) is 4.50. The second kappa shape index (κ2) is 4.66. The van der Waals surface area contributed by atoms with E-state index in [2.05, 4.69) is 27.8 Å². The standard InChI is InChI=1S/C14H18N4O/c1-2-14(7-4-8-15-14)13(19)17-11-5-3-6-12-10(11)9-16-18-12/h3,5-6,9,15H,2,4,7-8H2,1H3,(H,16,18)(H,17,19). The lowest BCUT2D eigenvalue weighted by molar-refractivity contribution is -0.122. The summed E-state index contributed by atoms with van der Waals surface area (Å²) in [6, 6.07) is 5.77. The molecule has 1 unspecified atom stereocenters. The first kappa shape index (κ1) is 12.2. The van der Waals surface area contributed by atoms with Gasteiger partial charge in [-0.05, 0) is 37.9 Å². The molecule has 1 aliphatic heterocycles. The van der Waals surface area contributed by atoms with Crippen molar-refractivity contribution < 1.29 is 4.79 Å². The fourth-order valence-corrected chi connectivity index (χ4v) is 2.78. The van der Waals surface area contributed by atoms with Crippen molar-refractivity contribution in [3.63, 3.8) is 0 Å². The lowest BCUT2D eigenvalue weighted by atomic mass is 9.93. The van der Waals surface area contributed by atoms with Crippen LogP contribution in [-0.4, -0.2) is 28.2 Å². The Labute approximate surface area is 111 Å². The van der Waals surface area contributed by atoms with E-state index < -0.39 is 5.54 Å². The van der Waals surface area contributed by atoms with Crippen molar-refractivity contribution in [1.82, 2.24) is 15.5 Å². The average molecular weight is 258 g/mol. The Hall–Kier alpha value is -1.88. The molecule has 1 saturated heterocycles. The molecule has 3 N–H and O–H groups in total. The predicted molar refractivity (Wildman–Crippen MR) is 75.0 cm³/mol. The highest BCUT2D eigenvalue weighted by atomic mass is 16.2. The molecule has 0 aliphatic carbocycles. The number of aromatic amines is 1. The van der Waals surface area contributed by atoms with Crippen LogP contribution in [0.4, 0.5) is 5.69 Å². The Morgan fingerprint density at radius 1 is 1.53 bits per heavy atom. The van der Waals surface area contributed by atoms with E-state index in [1.54, 1.807) is 6.20 Å². The molecule has 100 valence electrons. The van der Waals surface area contributed by atoms with Gasteiger partial charge in [-0.2, -0.15) is 5.10 Å². The summed E-state index contributed by atoms with van der Waals surface area (Å²) in [5, 5.41) is 14.3. The van der Waals surface area contributed by atoms with Crippen molar-refractivity contribution in [1.29, 1.82) is 0 Å². The number of amides is 1. The number of fused-ring (bicyclic) bond motifs is 1. The summed E-state index contributed by atoms with van der Waals surface area (Å²) in [5.41, 5.74) is 1.34.